The summed E-state index contributed by atoms with van der Waals surface area (Å²) in [6.07, 6.45) is 0.273. The number of carboxylic acids is 1. The lowest BCUT2D eigenvalue weighted by Gasteiger charge is -2.11. The number of nitrogens with two attached hydrogens (primary N) is 1. The van der Waals surface area contributed by atoms with E-state index in [2.05, 4.69) is 22.6 Å². The molecular weight excluding hydrogens is 344 g/mol. The van der Waals surface area contributed by atoms with Crippen molar-refractivity contribution in [3.63, 3.8) is 0 Å². The van der Waals surface area contributed by atoms with E-state index in [0.717, 1.165) is 9.13 Å². The summed E-state index contributed by atoms with van der Waals surface area (Å²) in [5.41, 5.74) is 6.28. The van der Waals surface area contributed by atoms with Crippen molar-refractivity contribution in [2.24, 2.45) is 5.73 Å². The van der Waals surface area contributed by atoms with E-state index >= 15 is 0 Å². The molecule has 0 bridgehead atoms. The number of carboxylic acid groups (broad SMARTS) is 1. The van der Waals surface area contributed by atoms with Gasteiger partial charge in [0, 0.05) is 9.99 Å². The van der Waals surface area contributed by atoms with Crippen LogP contribution in [0.5, 0.6) is 5.75 Å². The highest BCUT2D eigenvalue weighted by molar-refractivity contribution is 14.1. The van der Waals surface area contributed by atoms with E-state index in [4.69, 9.17) is 15.6 Å². The topological polar surface area (TPSA) is 72.5 Å². The molecule has 0 spiro atoms. The van der Waals surface area contributed by atoms with Crippen molar-refractivity contribution in [2.45, 2.75) is 12.5 Å². The van der Waals surface area contributed by atoms with Crippen LogP contribution in [0.15, 0.2) is 18.2 Å². The van der Waals surface area contributed by atoms with Crippen LogP contribution >= 0.6 is 35.0 Å². The van der Waals surface area contributed by atoms with Crippen LogP contribution in [0.3, 0.4) is 0 Å². The fourth-order valence-corrected chi connectivity index (χ4v) is 1.79. The number of benzene rings is 1. The van der Waals surface area contributed by atoms with Crippen molar-refractivity contribution < 1.29 is 14.6 Å². The smallest absolute Gasteiger partial charge is 0.320 e. The molecule has 0 saturated carbocycles. The zero-order chi connectivity index (χ0) is 11.4. The molecule has 3 N–H and O–H groups in total. The molecule has 0 saturated heterocycles. The van der Waals surface area contributed by atoms with Crippen LogP contribution < -0.4 is 10.5 Å². The summed E-state index contributed by atoms with van der Waals surface area (Å²) in [4.78, 5) is 10.6. The molecule has 90 valence electrons. The molecule has 0 aliphatic carbocycles. The van der Waals surface area contributed by atoms with Crippen molar-refractivity contribution in [3.8, 4) is 5.75 Å². The standard InChI is InChI=1S/C10H12INO3.ClH/c1-15-9-3-2-7(11)4-6(9)5-8(12)10(13)14;/h2-4,8H,5,12H2,1H3,(H,13,14);1H/t8-;/m0./s1. The van der Waals surface area contributed by atoms with Crippen molar-refractivity contribution in [2.75, 3.05) is 7.11 Å². The quantitative estimate of drug-likeness (QED) is 0.804. The first kappa shape index (κ1) is 15.5. The molecule has 0 radical (unpaired) electrons. The van der Waals surface area contributed by atoms with Crippen LogP contribution in [0.25, 0.3) is 0 Å². The van der Waals surface area contributed by atoms with Gasteiger partial charge in [0.1, 0.15) is 11.8 Å². The molecule has 0 amide bonds. The number of hydrogen-bond donors (Lipinski definition) is 2. The van der Waals surface area contributed by atoms with E-state index in [1.54, 1.807) is 7.11 Å². The Balaban J connectivity index is 0.00000225. The Hall–Kier alpha value is -0.530. The lowest BCUT2D eigenvalue weighted by molar-refractivity contribution is -0.138. The third-order valence-electron chi connectivity index (χ3n) is 2.00. The number of rotatable bonds is 4. The molecule has 0 aliphatic heterocycles. The molecule has 1 atom stereocenters. The Morgan fingerprint density at radius 2 is 2.25 bits per heavy atom. The van der Waals surface area contributed by atoms with Gasteiger partial charge in [0.25, 0.3) is 0 Å². The maximum Gasteiger partial charge on any atom is 0.320 e. The molecule has 6 heteroatoms. The number of methoxy groups -OCH3 is 1. The zero-order valence-corrected chi connectivity index (χ0v) is 11.6. The van der Waals surface area contributed by atoms with Gasteiger partial charge in [0.15, 0.2) is 0 Å². The largest absolute Gasteiger partial charge is 0.496 e. The predicted molar refractivity (Wildman–Crippen MR) is 72.3 cm³/mol. The van der Waals surface area contributed by atoms with Crippen LogP contribution in [0.2, 0.25) is 0 Å². The first-order chi connectivity index (χ1) is 7.04. The second-order valence-electron chi connectivity index (χ2n) is 3.11. The summed E-state index contributed by atoms with van der Waals surface area (Å²) in [5.74, 6) is -0.331. The maximum atomic E-state index is 10.6. The van der Waals surface area contributed by atoms with Gasteiger partial charge < -0.3 is 15.6 Å². The minimum atomic E-state index is -1.00. The summed E-state index contributed by atoms with van der Waals surface area (Å²) < 4.78 is 6.16. The van der Waals surface area contributed by atoms with Crippen molar-refractivity contribution in [3.05, 3.63) is 27.3 Å². The van der Waals surface area contributed by atoms with Gasteiger partial charge >= 0.3 is 5.97 Å². The molecule has 1 aromatic carbocycles. The molecule has 1 rings (SSSR count). The third-order valence-corrected chi connectivity index (χ3v) is 2.67. The van der Waals surface area contributed by atoms with Gasteiger partial charge in [0.05, 0.1) is 7.11 Å². The average Bonchev–Trinajstić information content (AvgIpc) is 2.18. The highest BCUT2D eigenvalue weighted by Crippen LogP contribution is 2.22. The van der Waals surface area contributed by atoms with Crippen LogP contribution in [-0.2, 0) is 11.2 Å². The Morgan fingerprint density at radius 3 is 2.75 bits per heavy atom. The van der Waals surface area contributed by atoms with E-state index in [9.17, 15) is 4.79 Å². The van der Waals surface area contributed by atoms with Crippen LogP contribution in [0.1, 0.15) is 5.56 Å². The van der Waals surface area contributed by atoms with Gasteiger partial charge in [-0.05, 0) is 46.4 Å². The molecule has 0 aromatic heterocycles. The summed E-state index contributed by atoms with van der Waals surface area (Å²) in [7, 11) is 1.55. The minimum absolute atomic E-state index is 0. The van der Waals surface area contributed by atoms with Gasteiger partial charge in [0.2, 0.25) is 0 Å². The van der Waals surface area contributed by atoms with E-state index in [-0.39, 0.29) is 18.8 Å². The highest BCUT2D eigenvalue weighted by atomic mass is 127. The number of carbonyl (C=O) groups is 1. The van der Waals surface area contributed by atoms with Gasteiger partial charge in [-0.25, -0.2) is 0 Å². The fourth-order valence-electron chi connectivity index (χ4n) is 1.23. The molecule has 0 aliphatic rings. The SMILES string of the molecule is COc1ccc(I)cc1C[C@H](N)C(=O)O.Cl. The second-order valence-corrected chi connectivity index (χ2v) is 4.35. The van der Waals surface area contributed by atoms with E-state index < -0.39 is 12.0 Å². The first-order valence-electron chi connectivity index (χ1n) is 4.35. The summed E-state index contributed by atoms with van der Waals surface area (Å²) in [6, 6.07) is 4.69. The van der Waals surface area contributed by atoms with E-state index in [1.807, 2.05) is 18.2 Å². The van der Waals surface area contributed by atoms with Crippen LogP contribution in [0, 0.1) is 3.57 Å². The van der Waals surface area contributed by atoms with Crippen LogP contribution in [-0.4, -0.2) is 24.2 Å². The minimum Gasteiger partial charge on any atom is -0.496 e. The average molecular weight is 358 g/mol. The second kappa shape index (κ2) is 6.93. The fraction of sp³-hybridized carbons (Fsp3) is 0.300. The van der Waals surface area contributed by atoms with Gasteiger partial charge in [-0.3, -0.25) is 4.79 Å². The Labute approximate surface area is 114 Å². The maximum absolute atomic E-state index is 10.6. The third kappa shape index (κ3) is 4.15. The van der Waals surface area contributed by atoms with Gasteiger partial charge in [-0.2, -0.15) is 0 Å². The lowest BCUT2D eigenvalue weighted by Crippen LogP contribution is -2.32. The number of hydrogen-bond acceptors (Lipinski definition) is 3. The Kier molecular flexibility index (Phi) is 6.70. The van der Waals surface area contributed by atoms with Gasteiger partial charge in [-0.15, -0.1) is 12.4 Å². The van der Waals surface area contributed by atoms with Crippen molar-refractivity contribution in [1.82, 2.24) is 0 Å². The molecule has 0 fully saturated rings. The summed E-state index contributed by atoms with van der Waals surface area (Å²) >= 11 is 2.16. The predicted octanol–water partition coefficient (Wildman–Crippen LogP) is 1.68. The molecule has 0 heterocycles. The van der Waals surface area contributed by atoms with E-state index in [1.165, 1.54) is 0 Å². The molecule has 4 nitrogen and oxygen atoms in total. The number of ether oxygens (including phenoxy) is 1. The molecule has 1 aromatic rings. The summed E-state index contributed by atoms with van der Waals surface area (Å²) in [5, 5.41) is 8.71. The Bertz CT molecular complexity index is 373. The lowest BCUT2D eigenvalue weighted by atomic mass is 10.1. The zero-order valence-electron chi connectivity index (χ0n) is 8.64. The van der Waals surface area contributed by atoms with Gasteiger partial charge in [-0.1, -0.05) is 0 Å². The normalized spacial score (nSPS) is 11.4. The molecule has 16 heavy (non-hydrogen) atoms. The number of aliphatic carboxylic acids is 1. The molecular formula is C10H13ClINO3. The first-order valence-corrected chi connectivity index (χ1v) is 5.43. The summed E-state index contributed by atoms with van der Waals surface area (Å²) in [6.45, 7) is 0. The molecule has 0 unspecified atom stereocenters. The van der Waals surface area contributed by atoms with Crippen molar-refractivity contribution >= 4 is 41.0 Å². The Morgan fingerprint density at radius 1 is 1.62 bits per heavy atom. The van der Waals surface area contributed by atoms with Crippen LogP contribution in [0.4, 0.5) is 0 Å². The van der Waals surface area contributed by atoms with E-state index in [0.29, 0.717) is 5.75 Å². The number of halogens is 2. The monoisotopic (exact) mass is 357 g/mol. The van der Waals surface area contributed by atoms with Crippen molar-refractivity contribution in [1.29, 1.82) is 0 Å². The highest BCUT2D eigenvalue weighted by Gasteiger charge is 2.15.